The van der Waals surface area contributed by atoms with E-state index in [9.17, 15) is 24.5 Å². The number of benzene rings is 2. The van der Waals surface area contributed by atoms with Gasteiger partial charge in [-0.3, -0.25) is 19.7 Å². The average molecular weight is 530 g/mol. The second kappa shape index (κ2) is 12.1. The van der Waals surface area contributed by atoms with Gasteiger partial charge in [-0.25, -0.2) is 4.79 Å². The molecular formula is C26H32ClN5O5. The van der Waals surface area contributed by atoms with Gasteiger partial charge in [-0.2, -0.15) is 0 Å². The zero-order chi connectivity index (χ0) is 27.3. The summed E-state index contributed by atoms with van der Waals surface area (Å²) in [7, 11) is 0. The quantitative estimate of drug-likeness (QED) is 0.404. The second-order valence-corrected chi connectivity index (χ2v) is 9.80. The fraction of sp³-hybridized carbons (Fsp3) is 0.423. The molecule has 2 aromatic rings. The Hall–Kier alpha value is -3.66. The van der Waals surface area contributed by atoms with Gasteiger partial charge in [-0.05, 0) is 50.1 Å². The minimum Gasteiger partial charge on any atom is -0.340 e. The number of carbonyl (C=O) groups excluding carboxylic acids is 3. The van der Waals surface area contributed by atoms with Gasteiger partial charge in [0.1, 0.15) is 6.04 Å². The van der Waals surface area contributed by atoms with E-state index in [1.54, 1.807) is 41.0 Å². The van der Waals surface area contributed by atoms with Crippen LogP contribution in [0.2, 0.25) is 5.02 Å². The molecule has 1 saturated heterocycles. The molecule has 10 nitrogen and oxygen atoms in total. The van der Waals surface area contributed by atoms with Crippen molar-refractivity contribution < 1.29 is 19.3 Å². The molecule has 3 atom stereocenters. The van der Waals surface area contributed by atoms with E-state index >= 15 is 0 Å². The van der Waals surface area contributed by atoms with E-state index in [1.165, 1.54) is 18.2 Å². The maximum atomic E-state index is 13.5. The van der Waals surface area contributed by atoms with E-state index in [1.807, 2.05) is 20.8 Å². The van der Waals surface area contributed by atoms with Crippen molar-refractivity contribution in [2.45, 2.75) is 46.2 Å². The van der Waals surface area contributed by atoms with Gasteiger partial charge in [0.05, 0.1) is 4.92 Å². The van der Waals surface area contributed by atoms with E-state index in [4.69, 9.17) is 11.6 Å². The summed E-state index contributed by atoms with van der Waals surface area (Å²) in [6, 6.07) is 9.74. The SMILES string of the molecule is CCC(C)C(NC(=O)c1ccc(C)c([N+](=O)[O-])c1)C(=O)N1CCN(C(=O)Nc2ccc(Cl)cc2)C(C)C1. The Kier molecular flexibility index (Phi) is 9.09. The first-order valence-electron chi connectivity index (χ1n) is 12.2. The molecule has 1 heterocycles. The van der Waals surface area contributed by atoms with Gasteiger partial charge in [-0.15, -0.1) is 0 Å². The predicted molar refractivity (Wildman–Crippen MR) is 142 cm³/mol. The third kappa shape index (κ3) is 6.76. The van der Waals surface area contributed by atoms with Crippen molar-refractivity contribution in [3.05, 3.63) is 68.7 Å². The molecule has 11 heteroatoms. The van der Waals surface area contributed by atoms with Crippen molar-refractivity contribution in [2.24, 2.45) is 5.92 Å². The van der Waals surface area contributed by atoms with Crippen molar-refractivity contribution >= 4 is 40.8 Å². The van der Waals surface area contributed by atoms with Crippen LogP contribution in [0.5, 0.6) is 0 Å². The third-order valence-corrected chi connectivity index (χ3v) is 6.98. The van der Waals surface area contributed by atoms with Crippen LogP contribution >= 0.6 is 11.6 Å². The zero-order valence-corrected chi connectivity index (χ0v) is 22.1. The number of urea groups is 1. The Labute approximate surface area is 221 Å². The lowest BCUT2D eigenvalue weighted by Crippen LogP contribution is -2.60. The van der Waals surface area contributed by atoms with Crippen molar-refractivity contribution in [1.29, 1.82) is 0 Å². The first-order chi connectivity index (χ1) is 17.5. The number of halogens is 1. The first kappa shape index (κ1) is 27.9. The lowest BCUT2D eigenvalue weighted by molar-refractivity contribution is -0.385. The molecule has 0 bridgehead atoms. The second-order valence-electron chi connectivity index (χ2n) is 9.36. The summed E-state index contributed by atoms with van der Waals surface area (Å²) in [6.45, 7) is 8.22. The van der Waals surface area contributed by atoms with Crippen LogP contribution in [0, 0.1) is 23.0 Å². The smallest absolute Gasteiger partial charge is 0.322 e. The molecule has 0 radical (unpaired) electrons. The highest BCUT2D eigenvalue weighted by atomic mass is 35.5. The van der Waals surface area contributed by atoms with Crippen molar-refractivity contribution in [2.75, 3.05) is 25.0 Å². The highest BCUT2D eigenvalue weighted by molar-refractivity contribution is 6.30. The summed E-state index contributed by atoms with van der Waals surface area (Å²) < 4.78 is 0. The van der Waals surface area contributed by atoms with Gasteiger partial charge in [0.2, 0.25) is 5.91 Å². The minimum atomic E-state index is -0.806. The van der Waals surface area contributed by atoms with Gasteiger partial charge in [-0.1, -0.05) is 37.9 Å². The number of piperazine rings is 1. The summed E-state index contributed by atoms with van der Waals surface area (Å²) in [5.74, 6) is -0.955. The van der Waals surface area contributed by atoms with Gasteiger partial charge < -0.3 is 20.4 Å². The summed E-state index contributed by atoms with van der Waals surface area (Å²) in [6.07, 6.45) is 0.643. The first-order valence-corrected chi connectivity index (χ1v) is 12.6. The van der Waals surface area contributed by atoms with Gasteiger partial charge in [0.25, 0.3) is 11.6 Å². The Morgan fingerprint density at radius 1 is 1.16 bits per heavy atom. The molecule has 0 spiro atoms. The zero-order valence-electron chi connectivity index (χ0n) is 21.4. The van der Waals surface area contributed by atoms with Gasteiger partial charge >= 0.3 is 6.03 Å². The van der Waals surface area contributed by atoms with Crippen molar-refractivity contribution in [1.82, 2.24) is 15.1 Å². The Morgan fingerprint density at radius 2 is 1.84 bits per heavy atom. The molecule has 1 fully saturated rings. The highest BCUT2D eigenvalue weighted by Gasteiger charge is 2.35. The van der Waals surface area contributed by atoms with E-state index < -0.39 is 16.9 Å². The molecule has 3 unspecified atom stereocenters. The van der Waals surface area contributed by atoms with Crippen LogP contribution < -0.4 is 10.6 Å². The molecular weight excluding hydrogens is 498 g/mol. The standard InChI is InChI=1S/C26H32ClN5O5/c1-5-16(2)23(29-24(33)19-7-6-17(3)22(14-19)32(36)37)25(34)30-12-13-31(18(4)15-30)26(35)28-21-10-8-20(27)9-11-21/h6-11,14,16,18,23H,5,12-13,15H2,1-4H3,(H,28,35)(H,29,33). The number of rotatable bonds is 7. The van der Waals surface area contributed by atoms with E-state index in [0.717, 1.165) is 0 Å². The number of nitro benzene ring substituents is 1. The lowest BCUT2D eigenvalue weighted by Gasteiger charge is -2.41. The molecule has 198 valence electrons. The third-order valence-electron chi connectivity index (χ3n) is 6.73. The molecule has 0 aliphatic carbocycles. The topological polar surface area (TPSA) is 125 Å². The van der Waals surface area contributed by atoms with E-state index in [-0.39, 0.29) is 35.1 Å². The van der Waals surface area contributed by atoms with Gasteiger partial charge in [0.15, 0.2) is 0 Å². The maximum absolute atomic E-state index is 13.5. The summed E-state index contributed by atoms with van der Waals surface area (Å²) in [4.78, 5) is 53.4. The molecule has 2 N–H and O–H groups in total. The summed E-state index contributed by atoms with van der Waals surface area (Å²) >= 11 is 5.90. The van der Waals surface area contributed by atoms with Crippen LogP contribution in [0.4, 0.5) is 16.2 Å². The Balaban J connectivity index is 1.68. The molecule has 1 aliphatic heterocycles. The number of anilines is 1. The van der Waals surface area contributed by atoms with Crippen LogP contribution in [-0.4, -0.2) is 64.3 Å². The number of hydrogen-bond donors (Lipinski definition) is 2. The number of nitrogens with zero attached hydrogens (tertiary/aromatic N) is 3. The Bertz CT molecular complexity index is 1170. The summed E-state index contributed by atoms with van der Waals surface area (Å²) in [5.41, 5.74) is 1.04. The number of carbonyl (C=O) groups is 3. The van der Waals surface area contributed by atoms with Crippen LogP contribution in [0.25, 0.3) is 0 Å². The number of aryl methyl sites for hydroxylation is 1. The molecule has 3 rings (SSSR count). The number of nitro groups is 1. The van der Waals surface area contributed by atoms with E-state index in [2.05, 4.69) is 10.6 Å². The number of amides is 4. The number of hydrogen-bond acceptors (Lipinski definition) is 5. The van der Waals surface area contributed by atoms with Crippen LogP contribution in [-0.2, 0) is 4.79 Å². The largest absolute Gasteiger partial charge is 0.340 e. The van der Waals surface area contributed by atoms with E-state index in [0.29, 0.717) is 42.3 Å². The van der Waals surface area contributed by atoms with Crippen molar-refractivity contribution in [3.63, 3.8) is 0 Å². The Morgan fingerprint density at radius 3 is 2.43 bits per heavy atom. The van der Waals surface area contributed by atoms with Crippen molar-refractivity contribution in [3.8, 4) is 0 Å². The minimum absolute atomic E-state index is 0.121. The average Bonchev–Trinajstić information content (AvgIpc) is 2.87. The molecule has 1 aliphatic rings. The normalized spacial score (nSPS) is 17.1. The molecule has 0 aromatic heterocycles. The maximum Gasteiger partial charge on any atom is 0.322 e. The van der Waals surface area contributed by atoms with Crippen LogP contribution in [0.3, 0.4) is 0 Å². The van der Waals surface area contributed by atoms with Crippen LogP contribution in [0.1, 0.15) is 43.1 Å². The molecule has 4 amide bonds. The predicted octanol–water partition coefficient (Wildman–Crippen LogP) is 4.47. The van der Waals surface area contributed by atoms with Crippen LogP contribution in [0.15, 0.2) is 42.5 Å². The van der Waals surface area contributed by atoms with Gasteiger partial charge in [0, 0.05) is 53.6 Å². The molecule has 0 saturated carbocycles. The molecule has 37 heavy (non-hydrogen) atoms. The molecule has 2 aromatic carbocycles. The number of nitrogens with one attached hydrogen (secondary N) is 2. The highest BCUT2D eigenvalue weighted by Crippen LogP contribution is 2.21. The monoisotopic (exact) mass is 529 g/mol. The lowest BCUT2D eigenvalue weighted by atomic mass is 9.96. The fourth-order valence-corrected chi connectivity index (χ4v) is 4.37. The fourth-order valence-electron chi connectivity index (χ4n) is 4.24. The summed E-state index contributed by atoms with van der Waals surface area (Å²) in [5, 5.41) is 17.5.